The molecule has 3 nitrogen and oxygen atoms in total. The molecule has 0 aliphatic rings. The molecule has 0 aromatic rings. The lowest BCUT2D eigenvalue weighted by molar-refractivity contribution is 0.119. The maximum absolute atomic E-state index is 10.1. The monoisotopic (exact) mass is 141 g/mol. The Kier molecular flexibility index (Phi) is 4.14. The van der Waals surface area contributed by atoms with Gasteiger partial charge in [-0.15, -0.1) is 5.92 Å². The van der Waals surface area contributed by atoms with Crippen molar-refractivity contribution >= 4 is 6.09 Å². The Hall–Kier alpha value is -1.17. The van der Waals surface area contributed by atoms with Crippen LogP contribution in [0.1, 0.15) is 20.3 Å². The molecule has 1 unspecified atom stereocenters. The Morgan fingerprint density at radius 3 is 2.80 bits per heavy atom. The lowest BCUT2D eigenvalue weighted by atomic mass is 10.3. The summed E-state index contributed by atoms with van der Waals surface area (Å²) in [4.78, 5) is 10.1. The van der Waals surface area contributed by atoms with Crippen LogP contribution in [0.5, 0.6) is 0 Å². The van der Waals surface area contributed by atoms with Gasteiger partial charge in [0.2, 0.25) is 0 Å². The number of primary amides is 1. The number of carbonyl (C=O) groups is 1. The average Bonchev–Trinajstić information content (AvgIpc) is 1.82. The summed E-state index contributed by atoms with van der Waals surface area (Å²) in [7, 11) is 0. The fraction of sp³-hybridized carbons (Fsp3) is 0.571. The van der Waals surface area contributed by atoms with Gasteiger partial charge in [0.15, 0.2) is 0 Å². The molecule has 0 heterocycles. The maximum Gasteiger partial charge on any atom is 0.404 e. The molecule has 56 valence electrons. The van der Waals surface area contributed by atoms with Gasteiger partial charge in [0.05, 0.1) is 0 Å². The Balaban J connectivity index is 3.50. The number of hydrogen-bond acceptors (Lipinski definition) is 2. The Morgan fingerprint density at radius 1 is 1.80 bits per heavy atom. The zero-order chi connectivity index (χ0) is 7.98. The molecule has 0 saturated heterocycles. The van der Waals surface area contributed by atoms with Gasteiger partial charge in [-0.3, -0.25) is 0 Å². The normalized spacial score (nSPS) is 11.0. The summed E-state index contributed by atoms with van der Waals surface area (Å²) in [5.41, 5.74) is 4.76. The highest BCUT2D eigenvalue weighted by Gasteiger charge is 2.01. The van der Waals surface area contributed by atoms with Crippen LogP contribution in [-0.4, -0.2) is 12.2 Å². The molecule has 0 aliphatic heterocycles. The largest absolute Gasteiger partial charge is 0.446 e. The summed E-state index contributed by atoms with van der Waals surface area (Å²) in [6, 6.07) is 0. The summed E-state index contributed by atoms with van der Waals surface area (Å²) in [6.07, 6.45) is -0.408. The highest BCUT2D eigenvalue weighted by Crippen LogP contribution is 1.94. The van der Waals surface area contributed by atoms with Gasteiger partial charge in [0.25, 0.3) is 0 Å². The molecule has 10 heavy (non-hydrogen) atoms. The van der Waals surface area contributed by atoms with E-state index in [0.29, 0.717) is 6.42 Å². The van der Waals surface area contributed by atoms with Gasteiger partial charge in [-0.25, -0.2) is 4.79 Å². The lowest BCUT2D eigenvalue weighted by Crippen LogP contribution is -2.19. The van der Waals surface area contributed by atoms with E-state index < -0.39 is 6.09 Å². The van der Waals surface area contributed by atoms with Gasteiger partial charge >= 0.3 is 6.09 Å². The smallest absolute Gasteiger partial charge is 0.404 e. The van der Waals surface area contributed by atoms with E-state index in [1.807, 2.05) is 0 Å². The van der Waals surface area contributed by atoms with Crippen molar-refractivity contribution in [2.75, 3.05) is 0 Å². The quantitative estimate of drug-likeness (QED) is 0.580. The minimum Gasteiger partial charge on any atom is -0.446 e. The molecule has 2 N–H and O–H groups in total. The first-order valence-corrected chi connectivity index (χ1v) is 3.02. The number of nitrogens with two attached hydrogens (primary N) is 1. The second-order valence-electron chi connectivity index (χ2n) is 1.88. The van der Waals surface area contributed by atoms with Crippen molar-refractivity contribution in [3.8, 4) is 11.8 Å². The standard InChI is InChI=1S/C7H11NO2/c1-3-4-5-6(2)10-7(8)9/h6H,5H2,1-2H3,(H2,8,9). The SMILES string of the molecule is CC#CCC(C)OC(N)=O. The minimum atomic E-state index is -0.745. The Labute approximate surface area is 60.5 Å². The molecule has 0 aromatic heterocycles. The number of amides is 1. The summed E-state index contributed by atoms with van der Waals surface area (Å²) >= 11 is 0. The topological polar surface area (TPSA) is 52.3 Å². The van der Waals surface area contributed by atoms with Crippen molar-refractivity contribution in [3.63, 3.8) is 0 Å². The molecule has 0 aromatic carbocycles. The molecule has 1 atom stereocenters. The van der Waals surface area contributed by atoms with Gasteiger partial charge < -0.3 is 10.5 Å². The summed E-state index contributed by atoms with van der Waals surface area (Å²) < 4.78 is 4.59. The molecule has 3 heteroatoms. The number of carbonyl (C=O) groups excluding carboxylic acids is 1. The van der Waals surface area contributed by atoms with Crippen LogP contribution in [0.15, 0.2) is 0 Å². The van der Waals surface area contributed by atoms with Crippen LogP contribution in [0.2, 0.25) is 0 Å². The second kappa shape index (κ2) is 4.68. The average molecular weight is 141 g/mol. The van der Waals surface area contributed by atoms with E-state index in [2.05, 4.69) is 16.6 Å². The van der Waals surface area contributed by atoms with Crippen LogP contribution < -0.4 is 5.73 Å². The molecule has 0 bridgehead atoms. The van der Waals surface area contributed by atoms with Crippen LogP contribution in [0.3, 0.4) is 0 Å². The fourth-order valence-electron chi connectivity index (χ4n) is 0.486. The summed E-state index contributed by atoms with van der Waals surface area (Å²) in [5, 5.41) is 0. The predicted molar refractivity (Wildman–Crippen MR) is 38.2 cm³/mol. The van der Waals surface area contributed by atoms with Gasteiger partial charge in [0, 0.05) is 6.42 Å². The van der Waals surface area contributed by atoms with Gasteiger partial charge in [-0.2, -0.15) is 0 Å². The highest BCUT2D eigenvalue weighted by molar-refractivity contribution is 5.64. The zero-order valence-corrected chi connectivity index (χ0v) is 6.18. The number of rotatable bonds is 2. The Bertz CT molecular complexity index is 166. The predicted octanol–water partition coefficient (Wildman–Crippen LogP) is 0.884. The highest BCUT2D eigenvalue weighted by atomic mass is 16.6. The van der Waals surface area contributed by atoms with E-state index in [1.54, 1.807) is 13.8 Å². The van der Waals surface area contributed by atoms with E-state index in [0.717, 1.165) is 0 Å². The first kappa shape index (κ1) is 8.83. The third-order valence-corrected chi connectivity index (χ3v) is 0.884. The third-order valence-electron chi connectivity index (χ3n) is 0.884. The van der Waals surface area contributed by atoms with Gasteiger partial charge in [-0.05, 0) is 13.8 Å². The molecule has 0 fully saturated rings. The van der Waals surface area contributed by atoms with Crippen LogP contribution >= 0.6 is 0 Å². The Morgan fingerprint density at radius 2 is 2.40 bits per heavy atom. The molecular formula is C7H11NO2. The number of hydrogen-bond donors (Lipinski definition) is 1. The molecule has 0 aliphatic carbocycles. The van der Waals surface area contributed by atoms with Crippen molar-refractivity contribution in [1.29, 1.82) is 0 Å². The van der Waals surface area contributed by atoms with Crippen molar-refractivity contribution in [3.05, 3.63) is 0 Å². The molecule has 0 saturated carbocycles. The van der Waals surface area contributed by atoms with E-state index in [1.165, 1.54) is 0 Å². The van der Waals surface area contributed by atoms with E-state index in [9.17, 15) is 4.79 Å². The van der Waals surface area contributed by atoms with E-state index in [4.69, 9.17) is 5.73 Å². The van der Waals surface area contributed by atoms with Crippen molar-refractivity contribution in [2.45, 2.75) is 26.4 Å². The third kappa shape index (κ3) is 4.98. The second-order valence-corrected chi connectivity index (χ2v) is 1.88. The van der Waals surface area contributed by atoms with Crippen LogP contribution in [-0.2, 0) is 4.74 Å². The van der Waals surface area contributed by atoms with Crippen LogP contribution in [0.25, 0.3) is 0 Å². The molecular weight excluding hydrogens is 130 g/mol. The van der Waals surface area contributed by atoms with Crippen molar-refractivity contribution < 1.29 is 9.53 Å². The summed E-state index contributed by atoms with van der Waals surface area (Å²) in [5.74, 6) is 5.46. The molecule has 0 spiro atoms. The van der Waals surface area contributed by atoms with Gasteiger partial charge in [0.1, 0.15) is 6.10 Å². The van der Waals surface area contributed by atoms with Crippen LogP contribution in [0, 0.1) is 11.8 Å². The minimum absolute atomic E-state index is 0.204. The van der Waals surface area contributed by atoms with E-state index >= 15 is 0 Å². The van der Waals surface area contributed by atoms with E-state index in [-0.39, 0.29) is 6.10 Å². The maximum atomic E-state index is 10.1. The first-order valence-electron chi connectivity index (χ1n) is 3.02. The van der Waals surface area contributed by atoms with Gasteiger partial charge in [-0.1, -0.05) is 5.92 Å². The molecule has 0 rings (SSSR count). The molecule has 0 radical (unpaired) electrons. The lowest BCUT2D eigenvalue weighted by Gasteiger charge is -2.05. The van der Waals surface area contributed by atoms with Crippen molar-refractivity contribution in [2.24, 2.45) is 5.73 Å². The van der Waals surface area contributed by atoms with Crippen LogP contribution in [0.4, 0.5) is 4.79 Å². The fourth-order valence-corrected chi connectivity index (χ4v) is 0.486. The zero-order valence-electron chi connectivity index (χ0n) is 6.18. The number of ether oxygens (including phenoxy) is 1. The summed E-state index contributed by atoms with van der Waals surface area (Å²) in [6.45, 7) is 3.48. The molecule has 1 amide bonds. The first-order chi connectivity index (χ1) is 4.66. The van der Waals surface area contributed by atoms with Crippen molar-refractivity contribution in [1.82, 2.24) is 0 Å².